The molecule has 5 heteroatoms. The Hall–Kier alpha value is -1.65. The third kappa shape index (κ3) is 3.52. The van der Waals surface area contributed by atoms with E-state index in [-0.39, 0.29) is 12.1 Å². The van der Waals surface area contributed by atoms with Crippen LogP contribution in [0.4, 0.5) is 5.82 Å². The van der Waals surface area contributed by atoms with E-state index in [9.17, 15) is 5.11 Å². The fraction of sp³-hybridized carbons (Fsp3) is 0.375. The summed E-state index contributed by atoms with van der Waals surface area (Å²) < 4.78 is 0. The SMILES string of the molecule is OC1CC([C@H](Cc2ccccn2)Nc2ncccc2Cl)C1. The molecule has 0 spiro atoms. The zero-order valence-corrected chi connectivity index (χ0v) is 12.4. The van der Waals surface area contributed by atoms with Crippen LogP contribution in [0.2, 0.25) is 5.02 Å². The van der Waals surface area contributed by atoms with Crippen LogP contribution in [0.3, 0.4) is 0 Å². The molecule has 0 radical (unpaired) electrons. The minimum Gasteiger partial charge on any atom is -0.393 e. The van der Waals surface area contributed by atoms with Crippen molar-refractivity contribution in [3.63, 3.8) is 0 Å². The Balaban J connectivity index is 1.75. The number of hydrogen-bond donors (Lipinski definition) is 2. The molecule has 110 valence electrons. The van der Waals surface area contributed by atoms with E-state index in [1.54, 1.807) is 12.4 Å². The normalized spacial score (nSPS) is 22.4. The second-order valence-corrected chi connectivity index (χ2v) is 5.90. The number of aliphatic hydroxyl groups is 1. The highest BCUT2D eigenvalue weighted by molar-refractivity contribution is 6.32. The molecule has 0 aliphatic heterocycles. The molecule has 4 nitrogen and oxygen atoms in total. The number of rotatable bonds is 5. The summed E-state index contributed by atoms with van der Waals surface area (Å²) in [5, 5.41) is 13.6. The summed E-state index contributed by atoms with van der Waals surface area (Å²) in [6.07, 6.45) is 5.77. The lowest BCUT2D eigenvalue weighted by atomic mass is 9.76. The quantitative estimate of drug-likeness (QED) is 0.891. The van der Waals surface area contributed by atoms with Crippen LogP contribution in [-0.2, 0) is 6.42 Å². The standard InChI is InChI=1S/C16H18ClN3O/c17-14-5-3-7-19-16(14)20-15(11-8-13(21)9-11)10-12-4-1-2-6-18-12/h1-7,11,13,15,21H,8-10H2,(H,19,20)/t11?,13?,15-/m0/s1. The van der Waals surface area contributed by atoms with Crippen LogP contribution in [0.1, 0.15) is 18.5 Å². The summed E-state index contributed by atoms with van der Waals surface area (Å²) >= 11 is 6.18. The molecular formula is C16H18ClN3O. The van der Waals surface area contributed by atoms with Gasteiger partial charge in [0, 0.05) is 30.6 Å². The minimum absolute atomic E-state index is 0.177. The highest BCUT2D eigenvalue weighted by Crippen LogP contribution is 2.33. The third-order valence-electron chi connectivity index (χ3n) is 3.95. The van der Waals surface area contributed by atoms with Crippen LogP contribution in [0.25, 0.3) is 0 Å². The Morgan fingerprint density at radius 2 is 2.00 bits per heavy atom. The third-order valence-corrected chi connectivity index (χ3v) is 4.26. The lowest BCUT2D eigenvalue weighted by Gasteiger charge is -2.38. The van der Waals surface area contributed by atoms with Crippen molar-refractivity contribution in [3.8, 4) is 0 Å². The summed E-state index contributed by atoms with van der Waals surface area (Å²) in [7, 11) is 0. The first kappa shape index (κ1) is 14.3. The Kier molecular flexibility index (Phi) is 4.36. The molecule has 0 unspecified atom stereocenters. The molecule has 0 bridgehead atoms. The van der Waals surface area contributed by atoms with E-state index in [4.69, 9.17) is 11.6 Å². The molecule has 2 aromatic rings. The summed E-state index contributed by atoms with van der Waals surface area (Å²) in [6.45, 7) is 0. The molecule has 2 heterocycles. The van der Waals surface area contributed by atoms with Gasteiger partial charge in [0.2, 0.25) is 0 Å². The van der Waals surface area contributed by atoms with Crippen LogP contribution in [0, 0.1) is 5.92 Å². The monoisotopic (exact) mass is 303 g/mol. The molecule has 3 rings (SSSR count). The maximum atomic E-state index is 9.57. The van der Waals surface area contributed by atoms with Crippen LogP contribution >= 0.6 is 11.6 Å². The molecule has 1 aliphatic rings. The van der Waals surface area contributed by atoms with Gasteiger partial charge in [-0.3, -0.25) is 4.98 Å². The second kappa shape index (κ2) is 6.41. The van der Waals surface area contributed by atoms with Gasteiger partial charge in [0.25, 0.3) is 0 Å². The van der Waals surface area contributed by atoms with Crippen molar-refractivity contribution in [3.05, 3.63) is 53.4 Å². The van der Waals surface area contributed by atoms with E-state index in [2.05, 4.69) is 15.3 Å². The Morgan fingerprint density at radius 1 is 1.19 bits per heavy atom. The second-order valence-electron chi connectivity index (χ2n) is 5.50. The predicted molar refractivity (Wildman–Crippen MR) is 83.3 cm³/mol. The molecule has 1 fully saturated rings. The molecule has 1 atom stereocenters. The molecule has 2 aromatic heterocycles. The summed E-state index contributed by atoms with van der Waals surface area (Å²) in [5.74, 6) is 1.11. The average molecular weight is 304 g/mol. The predicted octanol–water partition coefficient (Wildman–Crippen LogP) is 2.92. The van der Waals surface area contributed by atoms with Gasteiger partial charge >= 0.3 is 0 Å². The van der Waals surface area contributed by atoms with E-state index in [1.165, 1.54) is 0 Å². The van der Waals surface area contributed by atoms with Gasteiger partial charge in [-0.2, -0.15) is 0 Å². The van der Waals surface area contributed by atoms with E-state index in [1.807, 2.05) is 30.3 Å². The van der Waals surface area contributed by atoms with Crippen LogP contribution in [0.15, 0.2) is 42.7 Å². The number of hydrogen-bond acceptors (Lipinski definition) is 4. The van der Waals surface area contributed by atoms with E-state index in [0.29, 0.717) is 16.8 Å². The van der Waals surface area contributed by atoms with Crippen molar-refractivity contribution in [2.45, 2.75) is 31.4 Å². The minimum atomic E-state index is -0.178. The van der Waals surface area contributed by atoms with E-state index < -0.39 is 0 Å². The van der Waals surface area contributed by atoms with Crippen molar-refractivity contribution in [2.75, 3.05) is 5.32 Å². The Bertz CT molecular complexity index is 587. The van der Waals surface area contributed by atoms with Gasteiger partial charge in [0.05, 0.1) is 11.1 Å². The summed E-state index contributed by atoms with van der Waals surface area (Å²) in [6, 6.07) is 9.73. The highest BCUT2D eigenvalue weighted by Gasteiger charge is 2.34. The first-order valence-corrected chi connectivity index (χ1v) is 7.55. The molecule has 21 heavy (non-hydrogen) atoms. The van der Waals surface area contributed by atoms with Crippen LogP contribution < -0.4 is 5.32 Å². The van der Waals surface area contributed by atoms with E-state index in [0.717, 1.165) is 25.0 Å². The molecule has 0 amide bonds. The van der Waals surface area contributed by atoms with Crippen molar-refractivity contribution < 1.29 is 5.11 Å². The number of nitrogens with one attached hydrogen (secondary N) is 1. The van der Waals surface area contributed by atoms with Crippen molar-refractivity contribution >= 4 is 17.4 Å². The summed E-state index contributed by atoms with van der Waals surface area (Å²) in [4.78, 5) is 8.68. The molecular weight excluding hydrogens is 286 g/mol. The zero-order valence-electron chi connectivity index (χ0n) is 11.6. The number of aliphatic hydroxyl groups excluding tert-OH is 1. The molecule has 1 aliphatic carbocycles. The fourth-order valence-electron chi connectivity index (χ4n) is 2.71. The van der Waals surface area contributed by atoms with Crippen LogP contribution in [-0.4, -0.2) is 27.2 Å². The molecule has 1 saturated carbocycles. The lowest BCUT2D eigenvalue weighted by molar-refractivity contribution is 0.0340. The summed E-state index contributed by atoms with van der Waals surface area (Å²) in [5.41, 5.74) is 1.03. The van der Waals surface area contributed by atoms with Gasteiger partial charge in [-0.25, -0.2) is 4.98 Å². The maximum Gasteiger partial charge on any atom is 0.144 e. The smallest absolute Gasteiger partial charge is 0.144 e. The first-order valence-electron chi connectivity index (χ1n) is 7.17. The van der Waals surface area contributed by atoms with Gasteiger partial charge < -0.3 is 10.4 Å². The van der Waals surface area contributed by atoms with Gasteiger partial charge in [0.1, 0.15) is 5.82 Å². The number of nitrogens with zero attached hydrogens (tertiary/aromatic N) is 2. The Morgan fingerprint density at radius 3 is 2.67 bits per heavy atom. The van der Waals surface area contributed by atoms with Gasteiger partial charge in [-0.05, 0) is 43.0 Å². The van der Waals surface area contributed by atoms with Crippen molar-refractivity contribution in [2.24, 2.45) is 5.92 Å². The first-order chi connectivity index (χ1) is 10.2. The Labute approximate surface area is 129 Å². The zero-order chi connectivity index (χ0) is 14.7. The topological polar surface area (TPSA) is 58.0 Å². The molecule has 0 saturated heterocycles. The molecule has 0 aromatic carbocycles. The molecule has 2 N–H and O–H groups in total. The van der Waals surface area contributed by atoms with Crippen molar-refractivity contribution in [1.29, 1.82) is 0 Å². The van der Waals surface area contributed by atoms with Crippen molar-refractivity contribution in [1.82, 2.24) is 9.97 Å². The highest BCUT2D eigenvalue weighted by atomic mass is 35.5. The van der Waals surface area contributed by atoms with Gasteiger partial charge in [-0.1, -0.05) is 17.7 Å². The van der Waals surface area contributed by atoms with Gasteiger partial charge in [-0.15, -0.1) is 0 Å². The maximum absolute atomic E-state index is 9.57. The lowest BCUT2D eigenvalue weighted by Crippen LogP contribution is -2.42. The number of halogens is 1. The van der Waals surface area contributed by atoms with E-state index >= 15 is 0 Å². The number of aromatic nitrogens is 2. The largest absolute Gasteiger partial charge is 0.393 e. The average Bonchev–Trinajstić information content (AvgIpc) is 2.47. The number of pyridine rings is 2. The number of anilines is 1. The van der Waals surface area contributed by atoms with Crippen LogP contribution in [0.5, 0.6) is 0 Å². The fourth-order valence-corrected chi connectivity index (χ4v) is 2.88. The van der Waals surface area contributed by atoms with Gasteiger partial charge in [0.15, 0.2) is 0 Å².